The lowest BCUT2D eigenvalue weighted by Gasteiger charge is -2.39. The molecule has 0 N–H and O–H groups in total. The first-order valence-corrected chi connectivity index (χ1v) is 15.9. The van der Waals surface area contributed by atoms with Crippen molar-refractivity contribution in [3.05, 3.63) is 35.9 Å². The maximum atomic E-state index is 13.7. The highest BCUT2D eigenvalue weighted by molar-refractivity contribution is 7.89. The number of likely N-dealkylation sites (tertiary alicyclic amines) is 1. The van der Waals surface area contributed by atoms with Crippen molar-refractivity contribution in [2.45, 2.75) is 98.1 Å². The number of carbonyl (C=O) groups is 2. The minimum Gasteiger partial charge on any atom is -0.343 e. The molecule has 1 aliphatic rings. The fourth-order valence-electron chi connectivity index (χ4n) is 4.98. The summed E-state index contributed by atoms with van der Waals surface area (Å²) in [5.74, 6) is 0.220. The Morgan fingerprint density at radius 3 is 2.22 bits per heavy atom. The van der Waals surface area contributed by atoms with Gasteiger partial charge in [-0.25, -0.2) is 8.42 Å². The first-order chi connectivity index (χ1) is 17.7. The molecule has 210 valence electrons. The van der Waals surface area contributed by atoms with Crippen LogP contribution in [0.15, 0.2) is 30.3 Å². The fourth-order valence-corrected chi connectivity index (χ4v) is 6.58. The van der Waals surface area contributed by atoms with Crippen LogP contribution in [0.25, 0.3) is 0 Å². The Morgan fingerprint density at radius 2 is 1.62 bits per heavy atom. The normalized spacial score (nSPS) is 14.9. The zero-order valence-corrected chi connectivity index (χ0v) is 24.3. The largest absolute Gasteiger partial charge is 0.343 e. The number of unbranched alkanes of at least 4 members (excludes halogenated alkanes) is 4. The van der Waals surface area contributed by atoms with Crippen molar-refractivity contribution < 1.29 is 18.0 Å². The van der Waals surface area contributed by atoms with Crippen molar-refractivity contribution in [1.82, 2.24) is 14.1 Å². The fraction of sp³-hybridized carbons (Fsp3) is 0.724. The monoisotopic (exact) mass is 535 g/mol. The summed E-state index contributed by atoms with van der Waals surface area (Å²) in [6, 6.07) is 9.83. The zero-order chi connectivity index (χ0) is 27.3. The second-order valence-electron chi connectivity index (χ2n) is 10.8. The van der Waals surface area contributed by atoms with Crippen molar-refractivity contribution in [3.8, 4) is 0 Å². The Balaban J connectivity index is 2.08. The highest BCUT2D eigenvalue weighted by Crippen LogP contribution is 2.22. The Morgan fingerprint density at radius 1 is 0.973 bits per heavy atom. The number of rotatable bonds is 16. The lowest BCUT2D eigenvalue weighted by molar-refractivity contribution is -0.137. The topological polar surface area (TPSA) is 78.0 Å². The Kier molecular flexibility index (Phi) is 13.6. The number of hydrogen-bond acceptors (Lipinski definition) is 4. The number of carbonyl (C=O) groups excluding carboxylic acids is 2. The van der Waals surface area contributed by atoms with Gasteiger partial charge in [-0.2, -0.15) is 4.31 Å². The van der Waals surface area contributed by atoms with Crippen LogP contribution in [0.3, 0.4) is 0 Å². The summed E-state index contributed by atoms with van der Waals surface area (Å²) in [5, 5.41) is 0. The molecule has 1 saturated heterocycles. The Hall–Kier alpha value is -1.93. The second kappa shape index (κ2) is 16.1. The molecule has 1 aromatic rings. The number of sulfonamides is 1. The summed E-state index contributed by atoms with van der Waals surface area (Å²) in [6.45, 7) is 9.89. The van der Waals surface area contributed by atoms with Gasteiger partial charge in [0.15, 0.2) is 0 Å². The van der Waals surface area contributed by atoms with Gasteiger partial charge in [-0.05, 0) is 37.2 Å². The summed E-state index contributed by atoms with van der Waals surface area (Å²) >= 11 is 0. The average molecular weight is 536 g/mol. The zero-order valence-electron chi connectivity index (χ0n) is 23.5. The van der Waals surface area contributed by atoms with Gasteiger partial charge in [-0.3, -0.25) is 9.59 Å². The van der Waals surface area contributed by atoms with E-state index in [1.807, 2.05) is 60.9 Å². The molecule has 1 fully saturated rings. The Labute approximate surface area is 225 Å². The molecule has 2 amide bonds. The SMILES string of the molecule is CCCCCCCC(=O)N1CCC(N(Cc2ccccc2)C(=O)CN(CC(C)C)S(=O)(=O)CCC)CC1. The first-order valence-electron chi connectivity index (χ1n) is 14.3. The summed E-state index contributed by atoms with van der Waals surface area (Å²) in [7, 11) is -3.50. The quantitative estimate of drug-likeness (QED) is 0.277. The van der Waals surface area contributed by atoms with Gasteiger partial charge < -0.3 is 9.80 Å². The highest BCUT2D eigenvalue weighted by Gasteiger charge is 2.32. The molecule has 0 unspecified atom stereocenters. The maximum absolute atomic E-state index is 13.7. The van der Waals surface area contributed by atoms with E-state index < -0.39 is 10.0 Å². The minimum atomic E-state index is -3.50. The predicted octanol–water partition coefficient (Wildman–Crippen LogP) is 5.06. The van der Waals surface area contributed by atoms with Crippen molar-refractivity contribution in [3.63, 3.8) is 0 Å². The van der Waals surface area contributed by atoms with Crippen molar-refractivity contribution >= 4 is 21.8 Å². The highest BCUT2D eigenvalue weighted by atomic mass is 32.2. The molecular weight excluding hydrogens is 486 g/mol. The number of piperidine rings is 1. The third-order valence-electron chi connectivity index (χ3n) is 7.00. The van der Waals surface area contributed by atoms with E-state index in [1.54, 1.807) is 0 Å². The van der Waals surface area contributed by atoms with E-state index in [0.29, 0.717) is 51.9 Å². The van der Waals surface area contributed by atoms with Crippen LogP contribution >= 0.6 is 0 Å². The van der Waals surface area contributed by atoms with Crippen LogP contribution in [0.1, 0.15) is 91.0 Å². The molecule has 0 spiro atoms. The maximum Gasteiger partial charge on any atom is 0.238 e. The van der Waals surface area contributed by atoms with Gasteiger partial charge in [0.1, 0.15) is 0 Å². The van der Waals surface area contributed by atoms with Crippen LogP contribution in [0.5, 0.6) is 0 Å². The molecular formula is C29H49N3O4S. The van der Waals surface area contributed by atoms with Crippen LogP contribution in [0, 0.1) is 5.92 Å². The molecule has 0 atom stereocenters. The lowest BCUT2D eigenvalue weighted by Crippen LogP contribution is -2.51. The van der Waals surface area contributed by atoms with Gasteiger partial charge in [0, 0.05) is 38.6 Å². The van der Waals surface area contributed by atoms with Gasteiger partial charge in [0.2, 0.25) is 21.8 Å². The lowest BCUT2D eigenvalue weighted by atomic mass is 10.0. The van der Waals surface area contributed by atoms with Crippen LogP contribution in [0.2, 0.25) is 0 Å². The van der Waals surface area contributed by atoms with Crippen LogP contribution in [-0.2, 0) is 26.2 Å². The average Bonchev–Trinajstić information content (AvgIpc) is 2.87. The van der Waals surface area contributed by atoms with Crippen LogP contribution in [0.4, 0.5) is 0 Å². The third kappa shape index (κ3) is 10.8. The smallest absolute Gasteiger partial charge is 0.238 e. The van der Waals surface area contributed by atoms with Gasteiger partial charge >= 0.3 is 0 Å². The number of nitrogens with zero attached hydrogens (tertiary/aromatic N) is 3. The standard InChI is InChI=1S/C29H49N3O4S/c1-5-7-8-9-13-16-28(33)30-19-17-27(18-20-30)32(23-26-14-11-10-12-15-26)29(34)24-31(22-25(3)4)37(35,36)21-6-2/h10-12,14-15,25,27H,5-9,13,16-24H2,1-4H3. The predicted molar refractivity (Wildman–Crippen MR) is 150 cm³/mol. The van der Waals surface area contributed by atoms with Crippen molar-refractivity contribution in [2.75, 3.05) is 31.9 Å². The molecule has 0 saturated carbocycles. The molecule has 0 radical (unpaired) electrons. The number of amides is 2. The van der Waals surface area contributed by atoms with E-state index in [4.69, 9.17) is 0 Å². The van der Waals surface area contributed by atoms with E-state index in [0.717, 1.165) is 18.4 Å². The molecule has 2 rings (SSSR count). The van der Waals surface area contributed by atoms with Crippen molar-refractivity contribution in [2.24, 2.45) is 5.92 Å². The van der Waals surface area contributed by atoms with Crippen LogP contribution < -0.4 is 0 Å². The van der Waals surface area contributed by atoms with E-state index in [9.17, 15) is 18.0 Å². The molecule has 1 heterocycles. The van der Waals surface area contributed by atoms with Crippen LogP contribution in [-0.4, -0.2) is 72.3 Å². The Bertz CT molecular complexity index is 912. The minimum absolute atomic E-state index is 0.0175. The summed E-state index contributed by atoms with van der Waals surface area (Å²) < 4.78 is 27.2. The summed E-state index contributed by atoms with van der Waals surface area (Å²) in [6.07, 6.45) is 8.18. The van der Waals surface area contributed by atoms with E-state index in [-0.39, 0.29) is 36.1 Å². The van der Waals surface area contributed by atoms with E-state index >= 15 is 0 Å². The number of hydrogen-bond donors (Lipinski definition) is 0. The van der Waals surface area contributed by atoms with Gasteiger partial charge in [-0.15, -0.1) is 0 Å². The second-order valence-corrected chi connectivity index (χ2v) is 12.9. The van der Waals surface area contributed by atoms with Crippen molar-refractivity contribution in [1.29, 1.82) is 0 Å². The first kappa shape index (κ1) is 31.3. The summed E-state index contributed by atoms with van der Waals surface area (Å²) in [5.41, 5.74) is 1.02. The molecule has 8 heteroatoms. The molecule has 37 heavy (non-hydrogen) atoms. The molecule has 1 aliphatic heterocycles. The molecule has 1 aromatic carbocycles. The number of benzene rings is 1. The van der Waals surface area contributed by atoms with E-state index in [1.165, 1.54) is 23.6 Å². The summed E-state index contributed by atoms with van der Waals surface area (Å²) in [4.78, 5) is 30.2. The van der Waals surface area contributed by atoms with Gasteiger partial charge in [0.05, 0.1) is 12.3 Å². The van der Waals surface area contributed by atoms with Gasteiger partial charge in [0.25, 0.3) is 0 Å². The van der Waals surface area contributed by atoms with E-state index in [2.05, 4.69) is 6.92 Å². The third-order valence-corrected chi connectivity index (χ3v) is 8.99. The molecule has 0 aromatic heterocycles. The molecule has 0 aliphatic carbocycles. The molecule has 7 nitrogen and oxygen atoms in total. The molecule has 0 bridgehead atoms. The van der Waals surface area contributed by atoms with Gasteiger partial charge in [-0.1, -0.05) is 83.7 Å².